The Kier molecular flexibility index (Phi) is 4.63. The third-order valence-corrected chi connectivity index (χ3v) is 3.27. The van der Waals surface area contributed by atoms with Gasteiger partial charge in [-0.05, 0) is 6.07 Å². The molecule has 0 unspecified atom stereocenters. The molecule has 0 atom stereocenters. The molecule has 0 bridgehead atoms. The van der Waals surface area contributed by atoms with Crippen molar-refractivity contribution >= 4 is 5.95 Å². The Balaban J connectivity index is 1.96. The van der Waals surface area contributed by atoms with E-state index in [0.29, 0.717) is 0 Å². The molecular weight excluding hydrogens is 252 g/mol. The van der Waals surface area contributed by atoms with E-state index in [2.05, 4.69) is 20.9 Å². The minimum Gasteiger partial charge on any atom is -0.496 e. The van der Waals surface area contributed by atoms with Gasteiger partial charge in [-0.2, -0.15) is 0 Å². The molecule has 0 aliphatic rings. The van der Waals surface area contributed by atoms with Crippen LogP contribution in [0.25, 0.3) is 0 Å². The number of hydrogen-bond acceptors (Lipinski definition) is 4. The summed E-state index contributed by atoms with van der Waals surface area (Å²) in [5.74, 6) is 1.87. The number of rotatable bonds is 6. The number of para-hydroxylation sites is 1. The van der Waals surface area contributed by atoms with E-state index < -0.39 is 0 Å². The second-order valence-corrected chi connectivity index (χ2v) is 4.92. The maximum absolute atomic E-state index is 5.34. The molecule has 20 heavy (non-hydrogen) atoms. The molecule has 1 N–H and O–H groups in total. The highest BCUT2D eigenvalue weighted by Gasteiger charge is 2.08. The van der Waals surface area contributed by atoms with Crippen molar-refractivity contribution in [3.05, 3.63) is 41.7 Å². The van der Waals surface area contributed by atoms with Gasteiger partial charge >= 0.3 is 0 Å². The van der Waals surface area contributed by atoms with Crippen LogP contribution in [0.15, 0.2) is 30.5 Å². The van der Waals surface area contributed by atoms with Crippen molar-refractivity contribution in [3.8, 4) is 5.75 Å². The summed E-state index contributed by atoms with van der Waals surface area (Å²) < 4.78 is 7.44. The maximum Gasteiger partial charge on any atom is 0.204 e. The average Bonchev–Trinajstić information content (AvgIpc) is 2.81. The topological polar surface area (TPSA) is 42.3 Å². The van der Waals surface area contributed by atoms with E-state index in [1.54, 1.807) is 7.11 Å². The summed E-state index contributed by atoms with van der Waals surface area (Å²) in [6.45, 7) is 1.54. The number of aromatic nitrogens is 2. The number of nitrogens with one attached hydrogen (secondary N) is 1. The Labute approximate surface area is 120 Å². The predicted molar refractivity (Wildman–Crippen MR) is 81.1 cm³/mol. The van der Waals surface area contributed by atoms with Crippen molar-refractivity contribution in [1.82, 2.24) is 14.9 Å². The molecule has 2 rings (SSSR count). The van der Waals surface area contributed by atoms with E-state index in [4.69, 9.17) is 4.74 Å². The van der Waals surface area contributed by atoms with Gasteiger partial charge in [0.25, 0.3) is 0 Å². The summed E-state index contributed by atoms with van der Waals surface area (Å²) >= 11 is 0. The first-order chi connectivity index (χ1) is 9.63. The van der Waals surface area contributed by atoms with Gasteiger partial charge in [-0.15, -0.1) is 0 Å². The van der Waals surface area contributed by atoms with E-state index in [1.807, 2.05) is 50.4 Å². The van der Waals surface area contributed by atoms with Gasteiger partial charge in [-0.3, -0.25) is 0 Å². The smallest absolute Gasteiger partial charge is 0.204 e. The normalized spacial score (nSPS) is 10.6. The zero-order valence-corrected chi connectivity index (χ0v) is 12.6. The fourth-order valence-corrected chi connectivity index (χ4v) is 2.19. The lowest BCUT2D eigenvalue weighted by molar-refractivity contribution is 0.407. The monoisotopic (exact) mass is 274 g/mol. The van der Waals surface area contributed by atoms with Crippen LogP contribution < -0.4 is 15.0 Å². The molecule has 0 radical (unpaired) electrons. The van der Waals surface area contributed by atoms with Crippen LogP contribution in [0, 0.1) is 0 Å². The van der Waals surface area contributed by atoms with Gasteiger partial charge in [0.15, 0.2) is 0 Å². The number of methoxy groups -OCH3 is 1. The van der Waals surface area contributed by atoms with Crippen LogP contribution >= 0.6 is 0 Å². The maximum atomic E-state index is 5.34. The second-order valence-electron chi connectivity index (χ2n) is 4.92. The summed E-state index contributed by atoms with van der Waals surface area (Å²) in [5, 5.41) is 3.43. The molecule has 0 spiro atoms. The highest BCUT2D eigenvalue weighted by atomic mass is 16.5. The zero-order valence-electron chi connectivity index (χ0n) is 12.6. The lowest BCUT2D eigenvalue weighted by Gasteiger charge is -2.13. The summed E-state index contributed by atoms with van der Waals surface area (Å²) in [6, 6.07) is 8.05. The molecule has 0 aliphatic heterocycles. The summed E-state index contributed by atoms with van der Waals surface area (Å²) in [6.07, 6.45) is 1.91. The standard InChI is InChI=1S/C15H22N4O/c1-18(2)15-17-11-13(19(15)3)10-16-9-12-7-5-6-8-14(12)20-4/h5-8,11,16H,9-10H2,1-4H3. The number of anilines is 1. The molecule has 5 heteroatoms. The Hall–Kier alpha value is -2.01. The van der Waals surface area contributed by atoms with Gasteiger partial charge in [0.1, 0.15) is 5.75 Å². The fourth-order valence-electron chi connectivity index (χ4n) is 2.19. The summed E-state index contributed by atoms with van der Waals surface area (Å²) in [4.78, 5) is 6.40. The van der Waals surface area contributed by atoms with Crippen molar-refractivity contribution < 1.29 is 4.74 Å². The van der Waals surface area contributed by atoms with E-state index in [0.717, 1.165) is 36.0 Å². The van der Waals surface area contributed by atoms with Crippen molar-refractivity contribution in [1.29, 1.82) is 0 Å². The SMILES string of the molecule is COc1ccccc1CNCc1cnc(N(C)C)n1C. The second kappa shape index (κ2) is 6.43. The first kappa shape index (κ1) is 14.4. The van der Waals surface area contributed by atoms with Gasteiger partial charge in [0, 0.05) is 39.8 Å². The lowest BCUT2D eigenvalue weighted by Crippen LogP contribution is -2.18. The van der Waals surface area contributed by atoms with Gasteiger partial charge in [0.2, 0.25) is 5.95 Å². The molecule has 0 saturated carbocycles. The molecule has 0 amide bonds. The number of benzene rings is 1. The number of hydrogen-bond donors (Lipinski definition) is 1. The molecule has 108 valence electrons. The van der Waals surface area contributed by atoms with Crippen LogP contribution in [0.3, 0.4) is 0 Å². The van der Waals surface area contributed by atoms with Crippen molar-refractivity contribution in [3.63, 3.8) is 0 Å². The Morgan fingerprint density at radius 3 is 2.65 bits per heavy atom. The number of ether oxygens (including phenoxy) is 1. The Bertz CT molecular complexity index is 563. The van der Waals surface area contributed by atoms with Gasteiger partial charge < -0.3 is 19.5 Å². The zero-order chi connectivity index (χ0) is 14.5. The predicted octanol–water partition coefficient (Wildman–Crippen LogP) is 1.78. The molecule has 2 aromatic rings. The number of nitrogens with zero attached hydrogens (tertiary/aromatic N) is 3. The third-order valence-electron chi connectivity index (χ3n) is 3.27. The molecule has 0 fully saturated rings. The molecule has 0 aliphatic carbocycles. The van der Waals surface area contributed by atoms with Crippen molar-refractivity contribution in [2.24, 2.45) is 7.05 Å². The lowest BCUT2D eigenvalue weighted by atomic mass is 10.2. The van der Waals surface area contributed by atoms with Crippen LogP contribution in [-0.4, -0.2) is 30.8 Å². The molecule has 1 aromatic heterocycles. The van der Waals surface area contributed by atoms with E-state index >= 15 is 0 Å². The van der Waals surface area contributed by atoms with Gasteiger partial charge in [0.05, 0.1) is 19.0 Å². The fraction of sp³-hybridized carbons (Fsp3) is 0.400. The van der Waals surface area contributed by atoms with E-state index in [-0.39, 0.29) is 0 Å². The average molecular weight is 274 g/mol. The van der Waals surface area contributed by atoms with Gasteiger partial charge in [-0.1, -0.05) is 18.2 Å². The highest BCUT2D eigenvalue weighted by Crippen LogP contribution is 2.17. The van der Waals surface area contributed by atoms with Crippen LogP contribution in [-0.2, 0) is 20.1 Å². The Morgan fingerprint density at radius 1 is 1.25 bits per heavy atom. The first-order valence-electron chi connectivity index (χ1n) is 6.64. The quantitative estimate of drug-likeness (QED) is 0.872. The molecule has 5 nitrogen and oxygen atoms in total. The number of imidazole rings is 1. The molecule has 1 heterocycles. The van der Waals surface area contributed by atoms with Crippen LogP contribution in [0.2, 0.25) is 0 Å². The van der Waals surface area contributed by atoms with E-state index in [1.165, 1.54) is 0 Å². The van der Waals surface area contributed by atoms with Crippen LogP contribution in [0.4, 0.5) is 5.95 Å². The first-order valence-corrected chi connectivity index (χ1v) is 6.64. The largest absolute Gasteiger partial charge is 0.496 e. The minimum atomic E-state index is 0.770. The molecule has 0 saturated heterocycles. The van der Waals surface area contributed by atoms with Gasteiger partial charge in [-0.25, -0.2) is 4.98 Å². The summed E-state index contributed by atoms with van der Waals surface area (Å²) in [5.41, 5.74) is 2.31. The third kappa shape index (κ3) is 3.11. The van der Waals surface area contributed by atoms with Crippen LogP contribution in [0.5, 0.6) is 5.75 Å². The Morgan fingerprint density at radius 2 is 2.00 bits per heavy atom. The minimum absolute atomic E-state index is 0.770. The highest BCUT2D eigenvalue weighted by molar-refractivity contribution is 5.33. The van der Waals surface area contributed by atoms with Crippen molar-refractivity contribution in [2.75, 3.05) is 26.1 Å². The van der Waals surface area contributed by atoms with Crippen molar-refractivity contribution in [2.45, 2.75) is 13.1 Å². The summed E-state index contributed by atoms with van der Waals surface area (Å²) in [7, 11) is 7.72. The van der Waals surface area contributed by atoms with Crippen LogP contribution in [0.1, 0.15) is 11.3 Å². The molecular formula is C15H22N4O. The van der Waals surface area contributed by atoms with E-state index in [9.17, 15) is 0 Å². The molecule has 1 aromatic carbocycles.